The highest BCUT2D eigenvalue weighted by atomic mass is 16.6. The number of epoxide rings is 1. The molecule has 0 aromatic heterocycles. The summed E-state index contributed by atoms with van der Waals surface area (Å²) in [5.74, 6) is 0. The van der Waals surface area contributed by atoms with E-state index in [0.717, 1.165) is 19.3 Å². The minimum atomic E-state index is -0.252. The van der Waals surface area contributed by atoms with Gasteiger partial charge in [-0.1, -0.05) is 25.8 Å². The Hall–Kier alpha value is -0.340. The molecule has 1 unspecified atom stereocenters. The van der Waals surface area contributed by atoms with Crippen LogP contribution in [0.5, 0.6) is 0 Å². The number of aliphatic hydroxyl groups excluding tert-OH is 1. The second kappa shape index (κ2) is 3.37. The molecule has 2 atom stereocenters. The standard InChI is InChI=1S/C9H16O2/c1-3-5-6-9(7-10)8(4-2)11-9/h4,8,10H,2-3,5-7H2,1H3/t8?,9-/m1/s1. The Kier molecular flexibility index (Phi) is 2.68. The molecule has 1 fully saturated rings. The molecule has 0 saturated carbocycles. The van der Waals surface area contributed by atoms with E-state index in [2.05, 4.69) is 13.5 Å². The molecule has 1 N–H and O–H groups in total. The lowest BCUT2D eigenvalue weighted by molar-refractivity contribution is 0.162. The van der Waals surface area contributed by atoms with Gasteiger partial charge in [-0.15, -0.1) is 6.58 Å². The van der Waals surface area contributed by atoms with Crippen LogP contribution in [0, 0.1) is 0 Å². The molecule has 0 spiro atoms. The van der Waals surface area contributed by atoms with Gasteiger partial charge in [-0.2, -0.15) is 0 Å². The maximum Gasteiger partial charge on any atom is 0.122 e. The maximum atomic E-state index is 9.01. The van der Waals surface area contributed by atoms with E-state index in [0.29, 0.717) is 0 Å². The number of rotatable bonds is 5. The fourth-order valence-corrected chi connectivity index (χ4v) is 1.37. The minimum Gasteiger partial charge on any atom is -0.393 e. The molecule has 0 amide bonds. The van der Waals surface area contributed by atoms with E-state index in [9.17, 15) is 0 Å². The van der Waals surface area contributed by atoms with E-state index in [1.807, 2.05) is 0 Å². The molecule has 1 rings (SSSR count). The molecule has 11 heavy (non-hydrogen) atoms. The Morgan fingerprint density at radius 3 is 2.82 bits per heavy atom. The summed E-state index contributed by atoms with van der Waals surface area (Å²) in [6.45, 7) is 5.90. The summed E-state index contributed by atoms with van der Waals surface area (Å²) in [6.07, 6.45) is 5.08. The fourth-order valence-electron chi connectivity index (χ4n) is 1.37. The molecular weight excluding hydrogens is 140 g/mol. The monoisotopic (exact) mass is 156 g/mol. The number of aliphatic hydroxyl groups is 1. The molecule has 1 heterocycles. The van der Waals surface area contributed by atoms with E-state index >= 15 is 0 Å². The average molecular weight is 156 g/mol. The first-order chi connectivity index (χ1) is 5.29. The van der Waals surface area contributed by atoms with Gasteiger partial charge in [-0.25, -0.2) is 0 Å². The summed E-state index contributed by atoms with van der Waals surface area (Å²) >= 11 is 0. The van der Waals surface area contributed by atoms with Gasteiger partial charge < -0.3 is 9.84 Å². The molecule has 1 aliphatic heterocycles. The lowest BCUT2D eigenvalue weighted by atomic mass is 9.99. The molecule has 2 nitrogen and oxygen atoms in total. The molecule has 0 aromatic carbocycles. The van der Waals surface area contributed by atoms with Crippen molar-refractivity contribution in [2.45, 2.75) is 37.9 Å². The Labute approximate surface area is 67.9 Å². The van der Waals surface area contributed by atoms with Crippen LogP contribution in [0.2, 0.25) is 0 Å². The SMILES string of the molecule is C=CC1O[C@@]1(CO)CCCC. The van der Waals surface area contributed by atoms with Crippen molar-refractivity contribution in [2.75, 3.05) is 6.61 Å². The summed E-state index contributed by atoms with van der Waals surface area (Å²) in [6, 6.07) is 0. The molecule has 0 aromatic rings. The molecule has 1 saturated heterocycles. The zero-order valence-electron chi connectivity index (χ0n) is 7.05. The normalized spacial score (nSPS) is 35.3. The van der Waals surface area contributed by atoms with Gasteiger partial charge in [0.25, 0.3) is 0 Å². The van der Waals surface area contributed by atoms with E-state index in [1.54, 1.807) is 6.08 Å². The minimum absolute atomic E-state index is 0.0963. The van der Waals surface area contributed by atoms with Gasteiger partial charge >= 0.3 is 0 Å². The van der Waals surface area contributed by atoms with Crippen molar-refractivity contribution in [3.05, 3.63) is 12.7 Å². The predicted octanol–water partition coefficient (Wildman–Crippen LogP) is 1.49. The highest BCUT2D eigenvalue weighted by molar-refractivity contribution is 5.10. The van der Waals surface area contributed by atoms with Crippen LogP contribution in [0.4, 0.5) is 0 Å². The molecule has 0 bridgehead atoms. The third-order valence-electron chi connectivity index (χ3n) is 2.26. The van der Waals surface area contributed by atoms with Crippen LogP contribution in [0.25, 0.3) is 0 Å². The van der Waals surface area contributed by atoms with Gasteiger partial charge in [0.2, 0.25) is 0 Å². The van der Waals surface area contributed by atoms with Gasteiger partial charge in [0.15, 0.2) is 0 Å². The lowest BCUT2D eigenvalue weighted by Crippen LogP contribution is -2.19. The summed E-state index contributed by atoms with van der Waals surface area (Å²) in [4.78, 5) is 0. The van der Waals surface area contributed by atoms with Crippen LogP contribution in [-0.4, -0.2) is 23.4 Å². The molecular formula is C9H16O2. The highest BCUT2D eigenvalue weighted by Gasteiger charge is 2.53. The third-order valence-corrected chi connectivity index (χ3v) is 2.26. The largest absolute Gasteiger partial charge is 0.393 e. The second-order valence-electron chi connectivity index (χ2n) is 3.10. The van der Waals surface area contributed by atoms with Gasteiger partial charge in [0.1, 0.15) is 11.7 Å². The first-order valence-electron chi connectivity index (χ1n) is 4.20. The van der Waals surface area contributed by atoms with Crippen LogP contribution in [0.15, 0.2) is 12.7 Å². The zero-order valence-corrected chi connectivity index (χ0v) is 7.05. The van der Waals surface area contributed by atoms with Crippen molar-refractivity contribution in [2.24, 2.45) is 0 Å². The summed E-state index contributed by atoms with van der Waals surface area (Å²) in [7, 11) is 0. The van der Waals surface area contributed by atoms with Crippen molar-refractivity contribution >= 4 is 0 Å². The number of unbranched alkanes of at least 4 members (excludes halogenated alkanes) is 1. The molecule has 0 aliphatic carbocycles. The summed E-state index contributed by atoms with van der Waals surface area (Å²) in [5.41, 5.74) is -0.252. The van der Waals surface area contributed by atoms with Crippen molar-refractivity contribution in [1.82, 2.24) is 0 Å². The van der Waals surface area contributed by atoms with Crippen molar-refractivity contribution in [3.63, 3.8) is 0 Å². The van der Waals surface area contributed by atoms with Crippen LogP contribution >= 0.6 is 0 Å². The van der Waals surface area contributed by atoms with E-state index in [1.165, 1.54) is 0 Å². The maximum absolute atomic E-state index is 9.01. The zero-order chi connectivity index (χ0) is 8.32. The Morgan fingerprint density at radius 1 is 1.73 bits per heavy atom. The first kappa shape index (κ1) is 8.75. The van der Waals surface area contributed by atoms with Crippen molar-refractivity contribution < 1.29 is 9.84 Å². The van der Waals surface area contributed by atoms with Crippen LogP contribution in [0.3, 0.4) is 0 Å². The van der Waals surface area contributed by atoms with Crippen molar-refractivity contribution in [1.29, 1.82) is 0 Å². The topological polar surface area (TPSA) is 32.8 Å². The summed E-state index contributed by atoms with van der Waals surface area (Å²) in [5, 5.41) is 9.01. The lowest BCUT2D eigenvalue weighted by Gasteiger charge is -2.06. The average Bonchev–Trinajstić information content (AvgIpc) is 2.76. The first-order valence-corrected chi connectivity index (χ1v) is 4.20. The van der Waals surface area contributed by atoms with Gasteiger partial charge in [-0.05, 0) is 6.42 Å². The summed E-state index contributed by atoms with van der Waals surface area (Å²) < 4.78 is 5.34. The predicted molar refractivity (Wildman–Crippen MR) is 44.4 cm³/mol. The van der Waals surface area contributed by atoms with E-state index < -0.39 is 0 Å². The Morgan fingerprint density at radius 2 is 2.45 bits per heavy atom. The van der Waals surface area contributed by atoms with Crippen LogP contribution < -0.4 is 0 Å². The quantitative estimate of drug-likeness (QED) is 0.483. The van der Waals surface area contributed by atoms with E-state index in [-0.39, 0.29) is 18.3 Å². The number of ether oxygens (including phenoxy) is 1. The van der Waals surface area contributed by atoms with Gasteiger partial charge in [-0.3, -0.25) is 0 Å². The Bertz CT molecular complexity index is 144. The van der Waals surface area contributed by atoms with Gasteiger partial charge in [0.05, 0.1) is 6.61 Å². The number of hydrogen-bond donors (Lipinski definition) is 1. The smallest absolute Gasteiger partial charge is 0.122 e. The molecule has 1 aliphatic rings. The molecule has 64 valence electrons. The van der Waals surface area contributed by atoms with Crippen LogP contribution in [0.1, 0.15) is 26.2 Å². The molecule has 0 radical (unpaired) electrons. The Balaban J connectivity index is 2.33. The number of hydrogen-bond acceptors (Lipinski definition) is 2. The van der Waals surface area contributed by atoms with Crippen molar-refractivity contribution in [3.8, 4) is 0 Å². The van der Waals surface area contributed by atoms with E-state index in [4.69, 9.17) is 9.84 Å². The highest BCUT2D eigenvalue weighted by Crippen LogP contribution is 2.41. The molecule has 2 heteroatoms. The van der Waals surface area contributed by atoms with Gasteiger partial charge in [0, 0.05) is 0 Å². The second-order valence-corrected chi connectivity index (χ2v) is 3.10. The van der Waals surface area contributed by atoms with Crippen LogP contribution in [-0.2, 0) is 4.74 Å². The fraction of sp³-hybridized carbons (Fsp3) is 0.778. The third kappa shape index (κ3) is 1.63.